The monoisotopic (exact) mass is 332 g/mol. The van der Waals surface area contributed by atoms with Gasteiger partial charge in [-0.2, -0.15) is 5.10 Å². The van der Waals surface area contributed by atoms with E-state index >= 15 is 0 Å². The second-order valence-electron chi connectivity index (χ2n) is 4.43. The molecule has 0 unspecified atom stereocenters. The quantitative estimate of drug-likeness (QED) is 0.628. The molecule has 7 heteroatoms. The average Bonchev–Trinajstić information content (AvgIpc) is 2.53. The number of hydrogen-bond donors (Lipinski definition) is 2. The maximum Gasteiger partial charge on any atom is 0.341 e. The van der Waals surface area contributed by atoms with E-state index in [1.165, 1.54) is 12.3 Å². The molecule has 0 fully saturated rings. The summed E-state index contributed by atoms with van der Waals surface area (Å²) in [4.78, 5) is 22.4. The van der Waals surface area contributed by atoms with E-state index in [0.717, 1.165) is 0 Å². The molecule has 0 bridgehead atoms. The molecule has 0 aromatic heterocycles. The lowest BCUT2D eigenvalue weighted by Gasteiger charge is -2.06. The minimum atomic E-state index is -1.08. The van der Waals surface area contributed by atoms with Gasteiger partial charge in [-0.25, -0.2) is 10.2 Å². The second kappa shape index (κ2) is 7.95. The van der Waals surface area contributed by atoms with Crippen LogP contribution in [0.2, 0.25) is 5.02 Å². The molecular formula is C16H13ClN2O4. The van der Waals surface area contributed by atoms with Crippen LogP contribution in [0.15, 0.2) is 53.6 Å². The van der Waals surface area contributed by atoms with Gasteiger partial charge in [0.05, 0.1) is 6.21 Å². The number of rotatable bonds is 6. The fourth-order valence-corrected chi connectivity index (χ4v) is 1.90. The number of benzene rings is 2. The summed E-state index contributed by atoms with van der Waals surface area (Å²) in [5.41, 5.74) is 3.29. The molecule has 1 amide bonds. The van der Waals surface area contributed by atoms with Gasteiger partial charge in [0, 0.05) is 16.1 Å². The maximum absolute atomic E-state index is 11.9. The third-order valence-corrected chi connectivity index (χ3v) is 2.96. The van der Waals surface area contributed by atoms with Gasteiger partial charge < -0.3 is 9.84 Å². The third kappa shape index (κ3) is 5.12. The van der Waals surface area contributed by atoms with E-state index in [2.05, 4.69) is 10.5 Å². The van der Waals surface area contributed by atoms with Crippen LogP contribution < -0.4 is 10.2 Å². The first-order valence-electron chi connectivity index (χ1n) is 6.59. The predicted octanol–water partition coefficient (Wildman–Crippen LogP) is 2.57. The molecule has 2 rings (SSSR count). The van der Waals surface area contributed by atoms with Gasteiger partial charge in [0.2, 0.25) is 0 Å². The number of para-hydroxylation sites is 1. The Hall–Kier alpha value is -2.86. The number of nitrogens with zero attached hydrogens (tertiary/aromatic N) is 1. The molecule has 2 aromatic rings. The fourth-order valence-electron chi connectivity index (χ4n) is 1.71. The van der Waals surface area contributed by atoms with Gasteiger partial charge in [0.1, 0.15) is 5.75 Å². The largest absolute Gasteiger partial charge is 0.481 e. The highest BCUT2D eigenvalue weighted by Crippen LogP contribution is 2.15. The normalized spacial score (nSPS) is 10.5. The van der Waals surface area contributed by atoms with Gasteiger partial charge in [-0.15, -0.1) is 0 Å². The molecule has 2 N–H and O–H groups in total. The van der Waals surface area contributed by atoms with Crippen molar-refractivity contribution in [3.8, 4) is 5.75 Å². The molecule has 0 radical (unpaired) electrons. The number of amides is 1. The molecule has 23 heavy (non-hydrogen) atoms. The number of hydrogen-bond acceptors (Lipinski definition) is 4. The summed E-state index contributed by atoms with van der Waals surface area (Å²) in [6, 6.07) is 13.2. The Morgan fingerprint density at radius 2 is 2.00 bits per heavy atom. The van der Waals surface area contributed by atoms with E-state index in [1.54, 1.807) is 42.5 Å². The molecule has 0 aliphatic rings. The van der Waals surface area contributed by atoms with Crippen molar-refractivity contribution in [1.82, 2.24) is 5.43 Å². The molecule has 0 saturated carbocycles. The molecule has 0 aliphatic carbocycles. The predicted molar refractivity (Wildman–Crippen MR) is 86.1 cm³/mol. The SMILES string of the molecule is O=C(O)COc1ccccc1/C=N\NC(=O)c1cccc(Cl)c1. The number of carbonyl (C=O) groups is 2. The van der Waals surface area contributed by atoms with Gasteiger partial charge in [-0.05, 0) is 30.3 Å². The van der Waals surface area contributed by atoms with Crippen LogP contribution in [-0.2, 0) is 4.79 Å². The molecule has 6 nitrogen and oxygen atoms in total. The zero-order valence-electron chi connectivity index (χ0n) is 11.9. The Bertz CT molecular complexity index is 746. The van der Waals surface area contributed by atoms with Gasteiger partial charge in [0.15, 0.2) is 6.61 Å². The number of nitrogens with one attached hydrogen (secondary N) is 1. The van der Waals surface area contributed by atoms with Crippen LogP contribution in [0.4, 0.5) is 0 Å². The van der Waals surface area contributed by atoms with Gasteiger partial charge in [-0.1, -0.05) is 29.8 Å². The first kappa shape index (κ1) is 16.5. The fraction of sp³-hybridized carbons (Fsp3) is 0.0625. The van der Waals surface area contributed by atoms with Crippen LogP contribution in [0, 0.1) is 0 Å². The molecule has 0 heterocycles. The smallest absolute Gasteiger partial charge is 0.341 e. The number of carbonyl (C=O) groups excluding carboxylic acids is 1. The van der Waals surface area contributed by atoms with E-state index < -0.39 is 18.5 Å². The van der Waals surface area contributed by atoms with Crippen molar-refractivity contribution >= 4 is 29.7 Å². The lowest BCUT2D eigenvalue weighted by atomic mass is 10.2. The highest BCUT2D eigenvalue weighted by molar-refractivity contribution is 6.30. The second-order valence-corrected chi connectivity index (χ2v) is 4.87. The van der Waals surface area contributed by atoms with Crippen LogP contribution in [-0.4, -0.2) is 29.8 Å². The molecule has 2 aromatic carbocycles. The van der Waals surface area contributed by atoms with Crippen molar-refractivity contribution in [3.63, 3.8) is 0 Å². The van der Waals surface area contributed by atoms with E-state index in [4.69, 9.17) is 21.4 Å². The Morgan fingerprint density at radius 1 is 1.22 bits per heavy atom. The molecule has 0 saturated heterocycles. The summed E-state index contributed by atoms with van der Waals surface area (Å²) in [5, 5.41) is 12.9. The zero-order chi connectivity index (χ0) is 16.7. The summed E-state index contributed by atoms with van der Waals surface area (Å²) in [6.07, 6.45) is 1.37. The highest BCUT2D eigenvalue weighted by atomic mass is 35.5. The number of carboxylic acid groups (broad SMARTS) is 1. The summed E-state index contributed by atoms with van der Waals surface area (Å²) in [6.45, 7) is -0.459. The van der Waals surface area contributed by atoms with E-state index in [1.807, 2.05) is 0 Å². The summed E-state index contributed by atoms with van der Waals surface area (Å²) >= 11 is 5.82. The highest BCUT2D eigenvalue weighted by Gasteiger charge is 2.05. The van der Waals surface area contributed by atoms with Gasteiger partial charge in [0.25, 0.3) is 5.91 Å². The molecule has 0 atom stereocenters. The molecular weight excluding hydrogens is 320 g/mol. The lowest BCUT2D eigenvalue weighted by Crippen LogP contribution is -2.17. The van der Waals surface area contributed by atoms with Crippen molar-refractivity contribution in [2.24, 2.45) is 5.10 Å². The van der Waals surface area contributed by atoms with Crippen LogP contribution in [0.1, 0.15) is 15.9 Å². The number of halogens is 1. The van der Waals surface area contributed by atoms with E-state index in [0.29, 0.717) is 21.9 Å². The van der Waals surface area contributed by atoms with E-state index in [9.17, 15) is 9.59 Å². The van der Waals surface area contributed by atoms with Crippen molar-refractivity contribution < 1.29 is 19.4 Å². The third-order valence-electron chi connectivity index (χ3n) is 2.73. The summed E-state index contributed by atoms with van der Waals surface area (Å²) in [7, 11) is 0. The van der Waals surface area contributed by atoms with Gasteiger partial charge in [-0.3, -0.25) is 4.79 Å². The number of aliphatic carboxylic acids is 1. The topological polar surface area (TPSA) is 88.0 Å². The Balaban J connectivity index is 2.03. The van der Waals surface area contributed by atoms with Crippen molar-refractivity contribution in [1.29, 1.82) is 0 Å². The first-order valence-corrected chi connectivity index (χ1v) is 6.96. The maximum atomic E-state index is 11.9. The minimum Gasteiger partial charge on any atom is -0.481 e. The van der Waals surface area contributed by atoms with Crippen LogP contribution in [0.25, 0.3) is 0 Å². The molecule has 118 valence electrons. The zero-order valence-corrected chi connectivity index (χ0v) is 12.7. The first-order chi connectivity index (χ1) is 11.1. The average molecular weight is 333 g/mol. The Morgan fingerprint density at radius 3 is 2.74 bits per heavy atom. The van der Waals surface area contributed by atoms with E-state index in [-0.39, 0.29) is 0 Å². The van der Waals surface area contributed by atoms with Crippen molar-refractivity contribution in [2.75, 3.05) is 6.61 Å². The number of ether oxygens (including phenoxy) is 1. The van der Waals surface area contributed by atoms with Gasteiger partial charge >= 0.3 is 5.97 Å². The Labute approximate surface area is 137 Å². The van der Waals surface area contributed by atoms with Crippen LogP contribution >= 0.6 is 11.6 Å². The summed E-state index contributed by atoms with van der Waals surface area (Å²) < 4.78 is 5.14. The van der Waals surface area contributed by atoms with Crippen LogP contribution in [0.3, 0.4) is 0 Å². The van der Waals surface area contributed by atoms with Crippen molar-refractivity contribution in [3.05, 3.63) is 64.7 Å². The minimum absolute atomic E-state index is 0.357. The number of carboxylic acids is 1. The number of hydrazone groups is 1. The molecule has 0 aliphatic heterocycles. The van der Waals surface area contributed by atoms with Crippen LogP contribution in [0.5, 0.6) is 5.75 Å². The Kier molecular flexibility index (Phi) is 5.71. The standard InChI is InChI=1S/C16H13ClN2O4/c17-13-6-3-5-11(8-13)16(22)19-18-9-12-4-1-2-7-14(12)23-10-15(20)21/h1-9H,10H2,(H,19,22)(H,20,21)/b18-9-. The lowest BCUT2D eigenvalue weighted by molar-refractivity contribution is -0.139. The van der Waals surface area contributed by atoms with Crippen molar-refractivity contribution in [2.45, 2.75) is 0 Å². The molecule has 0 spiro atoms. The summed E-state index contributed by atoms with van der Waals surface area (Å²) in [5.74, 6) is -1.13.